The average molecular weight is 400 g/mol. The molecule has 0 spiro atoms. The van der Waals surface area contributed by atoms with Gasteiger partial charge in [0.1, 0.15) is 23.1 Å². The lowest BCUT2D eigenvalue weighted by molar-refractivity contribution is 0.0984. The van der Waals surface area contributed by atoms with Crippen molar-refractivity contribution in [3.63, 3.8) is 0 Å². The van der Waals surface area contributed by atoms with Crippen LogP contribution in [-0.4, -0.2) is 25.8 Å². The molecule has 1 aliphatic rings. The zero-order valence-corrected chi connectivity index (χ0v) is 17.0. The molecule has 1 N–H and O–H groups in total. The molecular formula is C24H24N4O2. The summed E-state index contributed by atoms with van der Waals surface area (Å²) in [6, 6.07) is 15.0. The maximum absolute atomic E-state index is 12.1. The number of ether oxygens (including phenoxy) is 1. The average Bonchev–Trinajstić information content (AvgIpc) is 2.76. The van der Waals surface area contributed by atoms with E-state index in [1.54, 1.807) is 0 Å². The van der Waals surface area contributed by atoms with Gasteiger partial charge in [-0.05, 0) is 36.3 Å². The van der Waals surface area contributed by atoms with Gasteiger partial charge in [0.25, 0.3) is 5.56 Å². The summed E-state index contributed by atoms with van der Waals surface area (Å²) in [6.45, 7) is 4.15. The highest BCUT2D eigenvalue weighted by Gasteiger charge is 2.43. The van der Waals surface area contributed by atoms with Crippen LogP contribution in [0.2, 0.25) is 0 Å². The fourth-order valence-electron chi connectivity index (χ4n) is 3.64. The Morgan fingerprint density at radius 1 is 1.00 bits per heavy atom. The van der Waals surface area contributed by atoms with Crippen LogP contribution in [0.15, 0.2) is 83.8 Å². The first-order valence-corrected chi connectivity index (χ1v) is 10.0. The molecule has 6 heteroatoms. The second kappa shape index (κ2) is 8.45. The van der Waals surface area contributed by atoms with E-state index in [-0.39, 0.29) is 11.5 Å². The number of allylic oxidation sites excluding steroid dienone is 2. The van der Waals surface area contributed by atoms with Crippen LogP contribution < -0.4 is 10.3 Å². The van der Waals surface area contributed by atoms with Crippen LogP contribution in [0.5, 0.6) is 5.75 Å². The number of H-pyrrole nitrogens is 1. The number of aromatic nitrogens is 4. The van der Waals surface area contributed by atoms with Crippen molar-refractivity contribution < 1.29 is 4.74 Å². The molecule has 1 aromatic carbocycles. The molecule has 2 heterocycles. The van der Waals surface area contributed by atoms with Crippen LogP contribution in [-0.2, 0) is 0 Å². The van der Waals surface area contributed by atoms with E-state index in [9.17, 15) is 4.79 Å². The van der Waals surface area contributed by atoms with Gasteiger partial charge in [0, 0.05) is 18.7 Å². The lowest BCUT2D eigenvalue weighted by Crippen LogP contribution is -2.43. The van der Waals surface area contributed by atoms with Gasteiger partial charge in [-0.2, -0.15) is 10.2 Å². The van der Waals surface area contributed by atoms with E-state index in [2.05, 4.69) is 34.0 Å². The maximum atomic E-state index is 12.1. The molecule has 0 amide bonds. The van der Waals surface area contributed by atoms with Crippen molar-refractivity contribution in [1.82, 2.24) is 20.2 Å². The van der Waals surface area contributed by atoms with E-state index in [1.807, 2.05) is 66.8 Å². The molecule has 0 bridgehead atoms. The predicted molar refractivity (Wildman–Crippen MR) is 116 cm³/mol. The summed E-state index contributed by atoms with van der Waals surface area (Å²) in [6.07, 6.45) is 10.1. The smallest absolute Gasteiger partial charge is 0.250 e. The van der Waals surface area contributed by atoms with Crippen molar-refractivity contribution in [1.29, 1.82) is 0 Å². The Morgan fingerprint density at radius 3 is 2.40 bits per heavy atom. The molecule has 30 heavy (non-hydrogen) atoms. The van der Waals surface area contributed by atoms with E-state index in [4.69, 9.17) is 4.74 Å². The fraction of sp³-hybridized carbons (Fsp3) is 0.250. The molecule has 0 aliphatic heterocycles. The first kappa shape index (κ1) is 19.8. The number of hydrogen-bond donors (Lipinski definition) is 1. The largest absolute Gasteiger partial charge is 0.482 e. The predicted octanol–water partition coefficient (Wildman–Crippen LogP) is 4.15. The molecule has 2 aromatic heterocycles. The van der Waals surface area contributed by atoms with Gasteiger partial charge in [-0.15, -0.1) is 0 Å². The second-order valence-electron chi connectivity index (χ2n) is 7.65. The third-order valence-corrected chi connectivity index (χ3v) is 5.16. The zero-order chi connectivity index (χ0) is 21.0. The van der Waals surface area contributed by atoms with E-state index in [1.165, 1.54) is 12.3 Å². The molecule has 2 unspecified atom stereocenters. The summed E-state index contributed by atoms with van der Waals surface area (Å²) in [5, 5.41) is 8.93. The Balaban J connectivity index is 1.86. The molecule has 0 saturated heterocycles. The topological polar surface area (TPSA) is 80.8 Å². The molecule has 3 aromatic rings. The maximum Gasteiger partial charge on any atom is 0.250 e. The minimum absolute atomic E-state index is 0.220. The lowest BCUT2D eigenvalue weighted by Gasteiger charge is -2.38. The summed E-state index contributed by atoms with van der Waals surface area (Å²) in [7, 11) is 0. The number of aromatic amines is 1. The molecule has 0 fully saturated rings. The summed E-state index contributed by atoms with van der Waals surface area (Å²) in [5.41, 5.74) is 0.553. The zero-order valence-electron chi connectivity index (χ0n) is 17.0. The second-order valence-corrected chi connectivity index (χ2v) is 7.65. The summed E-state index contributed by atoms with van der Waals surface area (Å²) in [5.74, 6) is 1.03. The van der Waals surface area contributed by atoms with Gasteiger partial charge in [0.05, 0.1) is 11.4 Å². The Kier molecular flexibility index (Phi) is 5.57. The molecule has 0 radical (unpaired) electrons. The van der Waals surface area contributed by atoms with Crippen molar-refractivity contribution in [3.8, 4) is 5.75 Å². The van der Waals surface area contributed by atoms with Gasteiger partial charge in [0.2, 0.25) is 0 Å². The molecule has 2 atom stereocenters. The molecule has 0 saturated carbocycles. The number of rotatable bonds is 6. The van der Waals surface area contributed by atoms with Crippen LogP contribution in [0.25, 0.3) is 0 Å². The van der Waals surface area contributed by atoms with E-state index in [0.717, 1.165) is 11.4 Å². The summed E-state index contributed by atoms with van der Waals surface area (Å²) < 4.78 is 6.56. The molecule has 152 valence electrons. The van der Waals surface area contributed by atoms with Crippen molar-refractivity contribution in [3.05, 3.63) is 107 Å². The highest BCUT2D eigenvalue weighted by molar-refractivity contribution is 5.35. The normalized spacial score (nSPS) is 19.0. The van der Waals surface area contributed by atoms with Gasteiger partial charge in [-0.25, -0.2) is 4.98 Å². The molecule has 6 nitrogen and oxygen atoms in total. The molecule has 4 rings (SSSR count). The van der Waals surface area contributed by atoms with Gasteiger partial charge in [-0.3, -0.25) is 4.79 Å². The Morgan fingerprint density at radius 2 is 1.77 bits per heavy atom. The third kappa shape index (κ3) is 4.08. The van der Waals surface area contributed by atoms with Gasteiger partial charge in [0.15, 0.2) is 0 Å². The monoisotopic (exact) mass is 400 g/mol. The lowest BCUT2D eigenvalue weighted by atomic mass is 9.79. The SMILES string of the molecule is CC(C)c1ccc(C(c2nccc(=O)[nH]2)C2(Oc3ccccc3)C=CC=CC2)nn1. The van der Waals surface area contributed by atoms with Gasteiger partial charge >= 0.3 is 0 Å². The first-order valence-electron chi connectivity index (χ1n) is 10.0. The summed E-state index contributed by atoms with van der Waals surface area (Å²) in [4.78, 5) is 19.5. The van der Waals surface area contributed by atoms with Crippen molar-refractivity contribution in [2.24, 2.45) is 0 Å². The van der Waals surface area contributed by atoms with Crippen LogP contribution in [0.4, 0.5) is 0 Å². The minimum Gasteiger partial charge on any atom is -0.482 e. The fourth-order valence-corrected chi connectivity index (χ4v) is 3.64. The van der Waals surface area contributed by atoms with Crippen molar-refractivity contribution in [2.45, 2.75) is 37.7 Å². The Hall–Kier alpha value is -3.54. The number of nitrogens with one attached hydrogen (secondary N) is 1. The first-order chi connectivity index (χ1) is 14.6. The highest BCUT2D eigenvalue weighted by Crippen LogP contribution is 2.41. The number of nitrogens with zero attached hydrogens (tertiary/aromatic N) is 3. The quantitative estimate of drug-likeness (QED) is 0.672. The number of hydrogen-bond acceptors (Lipinski definition) is 5. The van der Waals surface area contributed by atoms with E-state index >= 15 is 0 Å². The molecule has 1 aliphatic carbocycles. The van der Waals surface area contributed by atoms with Crippen LogP contribution in [0.1, 0.15) is 49.3 Å². The summed E-state index contributed by atoms with van der Waals surface area (Å²) >= 11 is 0. The van der Waals surface area contributed by atoms with Crippen molar-refractivity contribution >= 4 is 0 Å². The number of benzene rings is 1. The van der Waals surface area contributed by atoms with Crippen LogP contribution in [0.3, 0.4) is 0 Å². The van der Waals surface area contributed by atoms with Crippen LogP contribution >= 0.6 is 0 Å². The Bertz CT molecular complexity index is 1100. The van der Waals surface area contributed by atoms with Crippen LogP contribution in [0, 0.1) is 0 Å². The van der Waals surface area contributed by atoms with E-state index in [0.29, 0.717) is 17.9 Å². The standard InChI is InChI=1S/C24H24N4O2/c1-17(2)19-11-12-20(28-27-19)22(23-25-16-13-21(29)26-23)24(14-7-4-8-15-24)30-18-9-5-3-6-10-18/h3-14,16-17,22H,15H2,1-2H3,(H,25,26,29). The van der Waals surface area contributed by atoms with Gasteiger partial charge < -0.3 is 9.72 Å². The Labute approximate surface area is 175 Å². The highest BCUT2D eigenvalue weighted by atomic mass is 16.5. The van der Waals surface area contributed by atoms with E-state index < -0.39 is 11.5 Å². The number of para-hydroxylation sites is 1. The minimum atomic E-state index is -0.818. The molecular weight excluding hydrogens is 376 g/mol. The van der Waals surface area contributed by atoms with Crippen molar-refractivity contribution in [2.75, 3.05) is 0 Å². The van der Waals surface area contributed by atoms with Gasteiger partial charge in [-0.1, -0.05) is 50.3 Å². The third-order valence-electron chi connectivity index (χ3n) is 5.16.